The standard InChI is InChI=1S/C18H26N6O4S/c1-22(2)11-10-21-29(27,28)15-7-8-16(17(12-15)24(25)26)20-13-14-6-5-9-19-18(14)23(3)4/h5-9,12,20-21H,10-11,13H2,1-4H3. The van der Waals surface area contributed by atoms with Crippen LogP contribution in [0.2, 0.25) is 0 Å². The van der Waals surface area contributed by atoms with E-state index in [1.54, 1.807) is 12.3 Å². The van der Waals surface area contributed by atoms with Crippen LogP contribution >= 0.6 is 0 Å². The van der Waals surface area contributed by atoms with E-state index in [0.29, 0.717) is 13.1 Å². The van der Waals surface area contributed by atoms with Crippen molar-refractivity contribution in [2.75, 3.05) is 51.5 Å². The van der Waals surface area contributed by atoms with Crippen LogP contribution in [0.15, 0.2) is 41.4 Å². The number of aromatic nitrogens is 1. The Morgan fingerprint density at radius 2 is 1.90 bits per heavy atom. The third kappa shape index (κ3) is 6.11. The van der Waals surface area contributed by atoms with Crippen molar-refractivity contribution in [2.45, 2.75) is 11.4 Å². The summed E-state index contributed by atoms with van der Waals surface area (Å²) < 4.78 is 27.3. The average molecular weight is 423 g/mol. The van der Waals surface area contributed by atoms with E-state index in [-0.39, 0.29) is 22.8 Å². The number of benzene rings is 1. The molecular weight excluding hydrogens is 396 g/mol. The number of hydrogen-bond acceptors (Lipinski definition) is 8. The molecule has 0 saturated heterocycles. The van der Waals surface area contributed by atoms with E-state index < -0.39 is 14.9 Å². The summed E-state index contributed by atoms with van der Waals surface area (Å²) in [6.07, 6.45) is 1.67. The van der Waals surface area contributed by atoms with Gasteiger partial charge < -0.3 is 15.1 Å². The lowest BCUT2D eigenvalue weighted by Crippen LogP contribution is -2.31. The number of rotatable bonds is 10. The molecule has 0 unspecified atom stereocenters. The van der Waals surface area contributed by atoms with Gasteiger partial charge in [0.25, 0.3) is 5.69 Å². The first-order valence-electron chi connectivity index (χ1n) is 8.89. The Hall–Kier alpha value is -2.76. The predicted molar refractivity (Wildman–Crippen MR) is 113 cm³/mol. The van der Waals surface area contributed by atoms with Gasteiger partial charge in [0.15, 0.2) is 0 Å². The summed E-state index contributed by atoms with van der Waals surface area (Å²) in [4.78, 5) is 18.7. The van der Waals surface area contributed by atoms with Crippen LogP contribution in [0.25, 0.3) is 0 Å². The Bertz CT molecular complexity index is 963. The fourth-order valence-corrected chi connectivity index (χ4v) is 3.67. The van der Waals surface area contributed by atoms with Crippen LogP contribution in [-0.2, 0) is 16.6 Å². The van der Waals surface area contributed by atoms with Crippen LogP contribution in [0.5, 0.6) is 0 Å². The van der Waals surface area contributed by atoms with Crippen molar-refractivity contribution in [1.82, 2.24) is 14.6 Å². The highest BCUT2D eigenvalue weighted by atomic mass is 32.2. The lowest BCUT2D eigenvalue weighted by atomic mass is 10.2. The maximum atomic E-state index is 12.4. The molecule has 1 heterocycles. The number of anilines is 2. The summed E-state index contributed by atoms with van der Waals surface area (Å²) in [6, 6.07) is 7.48. The molecule has 0 aliphatic rings. The van der Waals surface area contributed by atoms with E-state index in [0.717, 1.165) is 17.4 Å². The topological polar surface area (TPSA) is 121 Å². The van der Waals surface area contributed by atoms with E-state index in [1.165, 1.54) is 12.1 Å². The molecule has 0 amide bonds. The molecule has 2 rings (SSSR count). The van der Waals surface area contributed by atoms with Gasteiger partial charge in [0.1, 0.15) is 11.5 Å². The first-order chi connectivity index (χ1) is 13.6. The zero-order chi connectivity index (χ0) is 21.6. The highest BCUT2D eigenvalue weighted by Gasteiger charge is 2.21. The summed E-state index contributed by atoms with van der Waals surface area (Å²) in [7, 11) is 3.52. The fraction of sp³-hybridized carbons (Fsp3) is 0.389. The summed E-state index contributed by atoms with van der Waals surface area (Å²) >= 11 is 0. The first-order valence-corrected chi connectivity index (χ1v) is 10.4. The molecule has 1 aromatic carbocycles. The van der Waals surface area contributed by atoms with Crippen molar-refractivity contribution in [3.8, 4) is 0 Å². The second-order valence-electron chi connectivity index (χ2n) is 6.87. The molecule has 158 valence electrons. The van der Waals surface area contributed by atoms with Gasteiger partial charge >= 0.3 is 0 Å². The maximum Gasteiger partial charge on any atom is 0.293 e. The van der Waals surface area contributed by atoms with Gasteiger partial charge in [-0.05, 0) is 32.3 Å². The first kappa shape index (κ1) is 22.5. The van der Waals surface area contributed by atoms with E-state index in [2.05, 4.69) is 15.0 Å². The van der Waals surface area contributed by atoms with E-state index in [9.17, 15) is 18.5 Å². The maximum absolute atomic E-state index is 12.4. The van der Waals surface area contributed by atoms with Crippen molar-refractivity contribution in [3.63, 3.8) is 0 Å². The molecule has 1 aromatic heterocycles. The molecule has 2 N–H and O–H groups in total. The van der Waals surface area contributed by atoms with E-state index in [1.807, 2.05) is 44.1 Å². The zero-order valence-corrected chi connectivity index (χ0v) is 17.7. The van der Waals surface area contributed by atoms with Gasteiger partial charge in [-0.15, -0.1) is 0 Å². The van der Waals surface area contributed by atoms with Crippen LogP contribution in [0.4, 0.5) is 17.2 Å². The van der Waals surface area contributed by atoms with Gasteiger partial charge in [-0.2, -0.15) is 0 Å². The second kappa shape index (κ2) is 9.63. The van der Waals surface area contributed by atoms with E-state index in [4.69, 9.17) is 0 Å². The molecule has 10 nitrogen and oxygen atoms in total. The van der Waals surface area contributed by atoms with Gasteiger partial charge in [0.05, 0.1) is 9.82 Å². The molecule has 0 atom stereocenters. The van der Waals surface area contributed by atoms with Gasteiger partial charge in [0.2, 0.25) is 10.0 Å². The van der Waals surface area contributed by atoms with Crippen molar-refractivity contribution in [2.24, 2.45) is 0 Å². The van der Waals surface area contributed by atoms with Crippen LogP contribution in [0.3, 0.4) is 0 Å². The van der Waals surface area contributed by atoms with Crippen LogP contribution in [0.1, 0.15) is 5.56 Å². The minimum atomic E-state index is -3.84. The summed E-state index contributed by atoms with van der Waals surface area (Å²) in [5.41, 5.74) is 0.778. The lowest BCUT2D eigenvalue weighted by molar-refractivity contribution is -0.384. The summed E-state index contributed by atoms with van der Waals surface area (Å²) in [5, 5.41) is 14.5. The highest BCUT2D eigenvalue weighted by Crippen LogP contribution is 2.28. The normalized spacial score (nSPS) is 11.5. The van der Waals surface area contributed by atoms with Crippen molar-refractivity contribution in [1.29, 1.82) is 0 Å². The number of nitrogens with zero attached hydrogens (tertiary/aromatic N) is 4. The number of sulfonamides is 1. The predicted octanol–water partition coefficient (Wildman–Crippen LogP) is 1.51. The van der Waals surface area contributed by atoms with Gasteiger partial charge in [0, 0.05) is 51.6 Å². The average Bonchev–Trinajstić information content (AvgIpc) is 2.65. The Morgan fingerprint density at radius 3 is 2.52 bits per heavy atom. The highest BCUT2D eigenvalue weighted by molar-refractivity contribution is 7.89. The smallest absolute Gasteiger partial charge is 0.293 e. The van der Waals surface area contributed by atoms with Gasteiger partial charge in [-0.3, -0.25) is 10.1 Å². The van der Waals surface area contributed by atoms with Crippen molar-refractivity contribution >= 4 is 27.2 Å². The molecule has 0 saturated carbocycles. The fourth-order valence-electron chi connectivity index (χ4n) is 2.63. The number of likely N-dealkylation sites (N-methyl/N-ethyl adjacent to an activating group) is 1. The minimum absolute atomic E-state index is 0.149. The summed E-state index contributed by atoms with van der Waals surface area (Å²) in [5.74, 6) is 0.743. The number of nitrogens with one attached hydrogen (secondary N) is 2. The number of nitro benzene ring substituents is 1. The molecular formula is C18H26N6O4S. The molecule has 0 fully saturated rings. The Morgan fingerprint density at radius 1 is 1.17 bits per heavy atom. The Labute approximate surface area is 170 Å². The third-order valence-corrected chi connectivity index (χ3v) is 5.55. The number of pyridine rings is 1. The van der Waals surface area contributed by atoms with Crippen LogP contribution in [-0.4, -0.2) is 64.5 Å². The van der Waals surface area contributed by atoms with Crippen LogP contribution in [0, 0.1) is 10.1 Å². The van der Waals surface area contributed by atoms with Crippen LogP contribution < -0.4 is 14.9 Å². The monoisotopic (exact) mass is 422 g/mol. The van der Waals surface area contributed by atoms with Crippen molar-refractivity contribution in [3.05, 3.63) is 52.2 Å². The molecule has 0 aliphatic carbocycles. The minimum Gasteiger partial charge on any atom is -0.375 e. The Balaban J connectivity index is 2.23. The third-order valence-electron chi connectivity index (χ3n) is 4.09. The molecule has 0 spiro atoms. The molecule has 0 bridgehead atoms. The van der Waals surface area contributed by atoms with Gasteiger partial charge in [-0.1, -0.05) is 6.07 Å². The Kier molecular flexibility index (Phi) is 7.48. The lowest BCUT2D eigenvalue weighted by Gasteiger charge is -2.16. The molecule has 11 heteroatoms. The molecule has 0 radical (unpaired) electrons. The number of nitro groups is 1. The largest absolute Gasteiger partial charge is 0.375 e. The quantitative estimate of drug-likeness (QED) is 0.437. The number of hydrogen-bond donors (Lipinski definition) is 2. The van der Waals surface area contributed by atoms with Gasteiger partial charge in [-0.25, -0.2) is 18.1 Å². The molecule has 0 aliphatic heterocycles. The summed E-state index contributed by atoms with van der Waals surface area (Å²) in [6.45, 7) is 1.02. The second-order valence-corrected chi connectivity index (χ2v) is 8.64. The zero-order valence-electron chi connectivity index (χ0n) is 16.9. The molecule has 29 heavy (non-hydrogen) atoms. The van der Waals surface area contributed by atoms with Crippen molar-refractivity contribution < 1.29 is 13.3 Å². The molecule has 2 aromatic rings. The SMILES string of the molecule is CN(C)CCNS(=O)(=O)c1ccc(NCc2cccnc2N(C)C)c([N+](=O)[O-])c1. The van der Waals surface area contributed by atoms with E-state index >= 15 is 0 Å².